The smallest absolute Gasteiger partial charge is 0.0276 e. The third-order valence-corrected chi connectivity index (χ3v) is 6.75. The number of halogens is 1. The van der Waals surface area contributed by atoms with Crippen LogP contribution in [0.5, 0.6) is 0 Å². The molecule has 0 saturated carbocycles. The van der Waals surface area contributed by atoms with E-state index in [1.165, 1.54) is 83.1 Å². The van der Waals surface area contributed by atoms with E-state index in [0.717, 1.165) is 17.0 Å². The van der Waals surface area contributed by atoms with E-state index >= 15 is 0 Å². The van der Waals surface area contributed by atoms with Crippen LogP contribution >= 0.6 is 11.6 Å². The summed E-state index contributed by atoms with van der Waals surface area (Å²) < 4.78 is 0. The Kier molecular flexibility index (Phi) is 18.3. The molecule has 0 saturated heterocycles. The molecule has 0 aliphatic carbocycles. The zero-order valence-electron chi connectivity index (χ0n) is 15.9. The predicted octanol–water partition coefficient (Wildman–Crippen LogP) is 7.78. The lowest BCUT2D eigenvalue weighted by Gasteiger charge is -2.11. The molecule has 136 valence electrons. The van der Waals surface area contributed by atoms with Crippen molar-refractivity contribution in [1.29, 1.82) is 0 Å². The summed E-state index contributed by atoms with van der Waals surface area (Å²) >= 11 is 5.79. The second kappa shape index (κ2) is 18.3. The van der Waals surface area contributed by atoms with Crippen molar-refractivity contribution in [3.05, 3.63) is 23.8 Å². The molecule has 0 spiro atoms. The Morgan fingerprint density at radius 3 is 2.30 bits per heavy atom. The average molecular weight is 357 g/mol. The van der Waals surface area contributed by atoms with Crippen LogP contribution in [0.3, 0.4) is 0 Å². The first-order chi connectivity index (χ1) is 11.2. The Labute approximate surface area is 154 Å². The van der Waals surface area contributed by atoms with Crippen LogP contribution in [0.4, 0.5) is 0 Å². The Morgan fingerprint density at radius 1 is 0.957 bits per heavy atom. The number of unbranched alkanes of at least 4 members (excludes halogenated alkanes) is 9. The van der Waals surface area contributed by atoms with E-state index < -0.39 is 0 Å². The van der Waals surface area contributed by atoms with E-state index in [-0.39, 0.29) is 9.52 Å². The van der Waals surface area contributed by atoms with Gasteiger partial charge in [-0.2, -0.15) is 0 Å². The van der Waals surface area contributed by atoms with Gasteiger partial charge in [-0.1, -0.05) is 102 Å². The maximum Gasteiger partial charge on any atom is 0.0276 e. The highest BCUT2D eigenvalue weighted by molar-refractivity contribution is 6.38. The van der Waals surface area contributed by atoms with Crippen molar-refractivity contribution in [1.82, 2.24) is 0 Å². The van der Waals surface area contributed by atoms with E-state index in [1.807, 2.05) is 0 Å². The van der Waals surface area contributed by atoms with Crippen molar-refractivity contribution in [3.63, 3.8) is 0 Å². The molecule has 0 aromatic rings. The molecule has 0 nitrogen and oxygen atoms in total. The average Bonchev–Trinajstić information content (AvgIpc) is 2.52. The number of hydrogen-bond donors (Lipinski definition) is 0. The van der Waals surface area contributed by atoms with Crippen molar-refractivity contribution >= 4 is 21.1 Å². The molecule has 0 N–H and O–H groups in total. The minimum Gasteiger partial charge on any atom is -0.0898 e. The van der Waals surface area contributed by atoms with Gasteiger partial charge in [-0.15, -0.1) is 0 Å². The minimum absolute atomic E-state index is 0.118. The molecule has 0 aliphatic heterocycles. The third-order valence-electron chi connectivity index (χ3n) is 4.57. The van der Waals surface area contributed by atoms with Crippen LogP contribution in [0.15, 0.2) is 23.8 Å². The molecule has 23 heavy (non-hydrogen) atoms. The molecule has 0 heterocycles. The summed E-state index contributed by atoms with van der Waals surface area (Å²) in [6.07, 6.45) is 22.5. The van der Waals surface area contributed by atoms with E-state index in [9.17, 15) is 0 Å². The third kappa shape index (κ3) is 18.2. The molecule has 2 heteroatoms. The fourth-order valence-electron chi connectivity index (χ4n) is 3.12. The molecule has 0 aliphatic rings. The maximum atomic E-state index is 5.79. The van der Waals surface area contributed by atoms with Gasteiger partial charge < -0.3 is 0 Å². The quantitative estimate of drug-likeness (QED) is 0.142. The second-order valence-electron chi connectivity index (χ2n) is 7.00. The van der Waals surface area contributed by atoms with Gasteiger partial charge in [-0.3, -0.25) is 0 Å². The molecule has 0 fully saturated rings. The first-order valence-corrected chi connectivity index (χ1v) is 12.4. The summed E-state index contributed by atoms with van der Waals surface area (Å²) in [5.74, 6) is 0. The van der Waals surface area contributed by atoms with Crippen molar-refractivity contribution in [3.8, 4) is 0 Å². The fourth-order valence-corrected chi connectivity index (χ4v) is 4.95. The van der Waals surface area contributed by atoms with Gasteiger partial charge in [0.2, 0.25) is 0 Å². The van der Waals surface area contributed by atoms with E-state index in [2.05, 4.69) is 32.6 Å². The highest BCUT2D eigenvalue weighted by Gasteiger charge is 2.04. The van der Waals surface area contributed by atoms with Gasteiger partial charge in [0.1, 0.15) is 0 Å². The topological polar surface area (TPSA) is 0 Å². The Balaban J connectivity index is 3.62. The zero-order valence-corrected chi connectivity index (χ0v) is 18.1. The highest BCUT2D eigenvalue weighted by Crippen LogP contribution is 2.20. The summed E-state index contributed by atoms with van der Waals surface area (Å²) in [7, 11) is 0.118. The van der Waals surface area contributed by atoms with Gasteiger partial charge in [0.15, 0.2) is 0 Å². The number of rotatable bonds is 17. The second-order valence-corrected chi connectivity index (χ2v) is 10.2. The monoisotopic (exact) mass is 356 g/mol. The first kappa shape index (κ1) is 23.0. The predicted molar refractivity (Wildman–Crippen MR) is 113 cm³/mol. The van der Waals surface area contributed by atoms with Crippen LogP contribution in [-0.4, -0.2) is 9.52 Å². The first-order valence-electron chi connectivity index (χ1n) is 10.2. The van der Waals surface area contributed by atoms with Gasteiger partial charge in [-0.25, -0.2) is 0 Å². The fraction of sp³-hybridized carbons (Fsp3) is 0.810. The molecule has 0 radical (unpaired) electrons. The van der Waals surface area contributed by atoms with Crippen molar-refractivity contribution in [2.45, 2.75) is 109 Å². The molecular formula is C21H41ClSi. The number of allylic oxidation sites excluding steroid dienone is 3. The highest BCUT2D eigenvalue weighted by atomic mass is 35.5. The van der Waals surface area contributed by atoms with Crippen molar-refractivity contribution in [2.24, 2.45) is 0 Å². The Hall–Kier alpha value is -0.0131. The molecule has 1 atom stereocenters. The standard InChI is InChI=1S/C21H41ClSi/c1-4-6-7-8-9-12-15-18-21(23-5-2)19-16-13-10-11-14-17-20(3)22/h15,18,21H,3-14,16-17,19,23H2,1-2H3. The van der Waals surface area contributed by atoms with E-state index in [4.69, 9.17) is 11.6 Å². The zero-order chi connectivity index (χ0) is 17.2. The molecule has 0 rings (SSSR count). The molecule has 0 amide bonds. The lowest BCUT2D eigenvalue weighted by atomic mass is 10.1. The lowest BCUT2D eigenvalue weighted by molar-refractivity contribution is 0.597. The summed E-state index contributed by atoms with van der Waals surface area (Å²) in [5.41, 5.74) is 0.957. The summed E-state index contributed by atoms with van der Waals surface area (Å²) in [5, 5.41) is 0.818. The molecular weight excluding hydrogens is 316 g/mol. The van der Waals surface area contributed by atoms with Crippen molar-refractivity contribution in [2.75, 3.05) is 0 Å². The van der Waals surface area contributed by atoms with Crippen molar-refractivity contribution < 1.29 is 0 Å². The molecule has 1 unspecified atom stereocenters. The van der Waals surface area contributed by atoms with Gasteiger partial charge in [0.05, 0.1) is 0 Å². The largest absolute Gasteiger partial charge is 0.0898 e. The van der Waals surface area contributed by atoms with Gasteiger partial charge in [-0.05, 0) is 37.6 Å². The normalized spacial score (nSPS) is 13.3. The van der Waals surface area contributed by atoms with E-state index in [0.29, 0.717) is 0 Å². The SMILES string of the molecule is C=C(Cl)CCCCCCCC(C=CCCCCCCC)[SiH2]CC. The number of hydrogen-bond acceptors (Lipinski definition) is 0. The van der Waals surface area contributed by atoms with E-state index in [1.54, 1.807) is 0 Å². The summed E-state index contributed by atoms with van der Waals surface area (Å²) in [6.45, 7) is 8.41. The molecule has 0 aromatic carbocycles. The van der Waals surface area contributed by atoms with Gasteiger partial charge in [0.25, 0.3) is 0 Å². The molecule has 0 aromatic heterocycles. The maximum absolute atomic E-state index is 5.79. The summed E-state index contributed by atoms with van der Waals surface area (Å²) in [4.78, 5) is 0. The van der Waals surface area contributed by atoms with Crippen LogP contribution in [-0.2, 0) is 0 Å². The lowest BCUT2D eigenvalue weighted by Crippen LogP contribution is -1.99. The minimum atomic E-state index is 0.118. The molecule has 0 bridgehead atoms. The van der Waals surface area contributed by atoms with Crippen LogP contribution in [0.25, 0.3) is 0 Å². The van der Waals surface area contributed by atoms with Gasteiger partial charge >= 0.3 is 0 Å². The Morgan fingerprint density at radius 2 is 1.61 bits per heavy atom. The van der Waals surface area contributed by atoms with Crippen LogP contribution in [0.1, 0.15) is 97.3 Å². The van der Waals surface area contributed by atoms with Crippen LogP contribution in [0.2, 0.25) is 11.6 Å². The van der Waals surface area contributed by atoms with Crippen LogP contribution in [0, 0.1) is 0 Å². The van der Waals surface area contributed by atoms with Crippen LogP contribution < -0.4 is 0 Å². The van der Waals surface area contributed by atoms with Gasteiger partial charge in [0, 0.05) is 14.6 Å². The summed E-state index contributed by atoms with van der Waals surface area (Å²) in [6, 6.07) is 1.45. The Bertz CT molecular complexity index is 286.